The molecule has 0 aliphatic heterocycles. The van der Waals surface area contributed by atoms with Crippen LogP contribution in [0, 0.1) is 0 Å². The molecule has 0 spiro atoms. The number of anilines is 1. The van der Waals surface area contributed by atoms with Crippen molar-refractivity contribution in [2.75, 3.05) is 12.4 Å². The van der Waals surface area contributed by atoms with Crippen LogP contribution in [0.1, 0.15) is 5.69 Å². The van der Waals surface area contributed by atoms with Crippen molar-refractivity contribution in [2.24, 2.45) is 7.05 Å². The van der Waals surface area contributed by atoms with Gasteiger partial charge in [-0.15, -0.1) is 0 Å². The van der Waals surface area contributed by atoms with Crippen LogP contribution in [-0.4, -0.2) is 27.9 Å². The third kappa shape index (κ3) is 4.14. The number of aryl methyl sites for hydroxylation is 1. The smallest absolute Gasteiger partial charge is 0.319 e. The standard InChI is InChI=1S/C18H19N5O2/c1-23-17(16-8-3-4-9-19-16)11-14(22-23)12-20-18(24)21-13-6-5-7-15(10-13)25-2/h3-11H,12H2,1-2H3,(H2,20,21,24). The van der Waals surface area contributed by atoms with Crippen molar-refractivity contribution in [2.45, 2.75) is 6.54 Å². The highest BCUT2D eigenvalue weighted by Crippen LogP contribution is 2.18. The van der Waals surface area contributed by atoms with E-state index in [2.05, 4.69) is 20.7 Å². The lowest BCUT2D eigenvalue weighted by molar-refractivity contribution is 0.251. The van der Waals surface area contributed by atoms with Gasteiger partial charge in [0.25, 0.3) is 0 Å². The van der Waals surface area contributed by atoms with E-state index in [1.807, 2.05) is 43.4 Å². The number of carbonyl (C=O) groups is 1. The molecule has 2 N–H and O–H groups in total. The number of nitrogens with zero attached hydrogens (tertiary/aromatic N) is 3. The molecular formula is C18H19N5O2. The zero-order chi connectivity index (χ0) is 17.6. The number of hydrogen-bond donors (Lipinski definition) is 2. The Bertz CT molecular complexity index is 861. The Morgan fingerprint density at radius 3 is 2.84 bits per heavy atom. The van der Waals surface area contributed by atoms with E-state index in [1.165, 1.54) is 0 Å². The molecule has 0 unspecified atom stereocenters. The van der Waals surface area contributed by atoms with Crippen LogP contribution in [0.2, 0.25) is 0 Å². The maximum absolute atomic E-state index is 12.0. The van der Waals surface area contributed by atoms with E-state index in [-0.39, 0.29) is 6.03 Å². The van der Waals surface area contributed by atoms with Gasteiger partial charge < -0.3 is 15.4 Å². The van der Waals surface area contributed by atoms with Crippen molar-refractivity contribution in [3.8, 4) is 17.1 Å². The second-order valence-corrected chi connectivity index (χ2v) is 5.40. The molecule has 2 aromatic heterocycles. The number of amides is 2. The molecule has 0 fully saturated rings. The van der Waals surface area contributed by atoms with E-state index in [4.69, 9.17) is 4.74 Å². The average molecular weight is 337 g/mol. The van der Waals surface area contributed by atoms with Gasteiger partial charge in [0.05, 0.1) is 30.7 Å². The van der Waals surface area contributed by atoms with Crippen molar-refractivity contribution >= 4 is 11.7 Å². The molecule has 0 atom stereocenters. The fourth-order valence-corrected chi connectivity index (χ4v) is 2.41. The number of carbonyl (C=O) groups excluding carboxylic acids is 1. The highest BCUT2D eigenvalue weighted by molar-refractivity contribution is 5.89. The number of benzene rings is 1. The van der Waals surface area contributed by atoms with Gasteiger partial charge in [0.15, 0.2) is 0 Å². The largest absolute Gasteiger partial charge is 0.497 e. The topological polar surface area (TPSA) is 81.1 Å². The van der Waals surface area contributed by atoms with Crippen LogP contribution in [-0.2, 0) is 13.6 Å². The average Bonchev–Trinajstić information content (AvgIpc) is 3.01. The number of methoxy groups -OCH3 is 1. The molecule has 3 rings (SSSR count). The maximum atomic E-state index is 12.0. The van der Waals surface area contributed by atoms with E-state index in [1.54, 1.807) is 30.1 Å². The highest BCUT2D eigenvalue weighted by Gasteiger charge is 2.09. The second-order valence-electron chi connectivity index (χ2n) is 5.40. The minimum Gasteiger partial charge on any atom is -0.497 e. The van der Waals surface area contributed by atoms with Gasteiger partial charge in [-0.3, -0.25) is 9.67 Å². The Labute approximate surface area is 145 Å². The van der Waals surface area contributed by atoms with Gasteiger partial charge in [0.2, 0.25) is 0 Å². The number of rotatable bonds is 5. The summed E-state index contributed by atoms with van der Waals surface area (Å²) in [6, 6.07) is 14.5. The predicted molar refractivity (Wildman–Crippen MR) is 95.3 cm³/mol. The van der Waals surface area contributed by atoms with E-state index < -0.39 is 0 Å². The van der Waals surface area contributed by atoms with Crippen LogP contribution in [0.4, 0.5) is 10.5 Å². The number of nitrogens with one attached hydrogen (secondary N) is 2. The first-order valence-electron chi connectivity index (χ1n) is 7.79. The summed E-state index contributed by atoms with van der Waals surface area (Å²) in [7, 11) is 3.43. The third-order valence-electron chi connectivity index (χ3n) is 3.62. The lowest BCUT2D eigenvalue weighted by Gasteiger charge is -2.07. The van der Waals surface area contributed by atoms with E-state index in [9.17, 15) is 4.79 Å². The summed E-state index contributed by atoms with van der Waals surface area (Å²) in [5.41, 5.74) is 3.14. The molecule has 7 nitrogen and oxygen atoms in total. The fourth-order valence-electron chi connectivity index (χ4n) is 2.41. The van der Waals surface area contributed by atoms with Crippen molar-refractivity contribution in [1.29, 1.82) is 0 Å². The van der Waals surface area contributed by atoms with Gasteiger partial charge in [0, 0.05) is 25.0 Å². The molecule has 25 heavy (non-hydrogen) atoms. The monoisotopic (exact) mass is 337 g/mol. The quantitative estimate of drug-likeness (QED) is 0.750. The molecule has 0 aliphatic rings. The van der Waals surface area contributed by atoms with E-state index in [0.717, 1.165) is 17.1 Å². The first-order valence-corrected chi connectivity index (χ1v) is 7.79. The summed E-state index contributed by atoms with van der Waals surface area (Å²) in [6.07, 6.45) is 1.74. The number of aromatic nitrogens is 3. The fraction of sp³-hybridized carbons (Fsp3) is 0.167. The molecule has 2 heterocycles. The van der Waals surface area contributed by atoms with Crippen molar-refractivity contribution in [3.05, 3.63) is 60.4 Å². The van der Waals surface area contributed by atoms with Crippen LogP contribution in [0.3, 0.4) is 0 Å². The maximum Gasteiger partial charge on any atom is 0.319 e. The molecule has 7 heteroatoms. The van der Waals surface area contributed by atoms with Gasteiger partial charge in [-0.1, -0.05) is 12.1 Å². The molecule has 0 aliphatic carbocycles. The normalized spacial score (nSPS) is 10.3. The van der Waals surface area contributed by atoms with Gasteiger partial charge in [-0.25, -0.2) is 4.79 Å². The predicted octanol–water partition coefficient (Wildman–Crippen LogP) is 2.81. The lowest BCUT2D eigenvalue weighted by atomic mass is 10.2. The van der Waals surface area contributed by atoms with Gasteiger partial charge in [-0.05, 0) is 30.3 Å². The van der Waals surface area contributed by atoms with Crippen molar-refractivity contribution < 1.29 is 9.53 Å². The van der Waals surface area contributed by atoms with Crippen molar-refractivity contribution in [3.63, 3.8) is 0 Å². The van der Waals surface area contributed by atoms with Crippen molar-refractivity contribution in [1.82, 2.24) is 20.1 Å². The summed E-state index contributed by atoms with van der Waals surface area (Å²) in [5.74, 6) is 0.683. The summed E-state index contributed by atoms with van der Waals surface area (Å²) < 4.78 is 6.88. The number of ether oxygens (including phenoxy) is 1. The lowest BCUT2D eigenvalue weighted by Crippen LogP contribution is -2.28. The van der Waals surface area contributed by atoms with Crippen LogP contribution in [0.15, 0.2) is 54.7 Å². The summed E-state index contributed by atoms with van der Waals surface area (Å²) >= 11 is 0. The van der Waals surface area contributed by atoms with E-state index >= 15 is 0 Å². The Morgan fingerprint density at radius 2 is 2.08 bits per heavy atom. The van der Waals surface area contributed by atoms with Gasteiger partial charge in [0.1, 0.15) is 5.75 Å². The Balaban J connectivity index is 1.61. The number of urea groups is 1. The Morgan fingerprint density at radius 1 is 1.20 bits per heavy atom. The van der Waals surface area contributed by atoms with Gasteiger partial charge in [-0.2, -0.15) is 5.10 Å². The minimum absolute atomic E-state index is 0.307. The molecule has 2 amide bonds. The molecule has 0 saturated carbocycles. The third-order valence-corrected chi connectivity index (χ3v) is 3.62. The van der Waals surface area contributed by atoms with Crippen LogP contribution >= 0.6 is 0 Å². The Hall–Kier alpha value is -3.35. The highest BCUT2D eigenvalue weighted by atomic mass is 16.5. The summed E-state index contributed by atoms with van der Waals surface area (Å²) in [4.78, 5) is 16.4. The first kappa shape index (κ1) is 16.5. The van der Waals surface area contributed by atoms with Crippen LogP contribution in [0.25, 0.3) is 11.4 Å². The summed E-state index contributed by atoms with van der Waals surface area (Å²) in [6.45, 7) is 0.316. The molecule has 128 valence electrons. The van der Waals surface area contributed by atoms with Crippen LogP contribution < -0.4 is 15.4 Å². The molecular weight excluding hydrogens is 318 g/mol. The van der Waals surface area contributed by atoms with Crippen LogP contribution in [0.5, 0.6) is 5.75 Å². The number of hydrogen-bond acceptors (Lipinski definition) is 4. The van der Waals surface area contributed by atoms with Gasteiger partial charge >= 0.3 is 6.03 Å². The minimum atomic E-state index is -0.307. The molecule has 1 aromatic carbocycles. The zero-order valence-corrected chi connectivity index (χ0v) is 14.1. The molecule has 0 radical (unpaired) electrons. The SMILES string of the molecule is COc1cccc(NC(=O)NCc2cc(-c3ccccn3)n(C)n2)c1. The molecule has 3 aromatic rings. The molecule has 0 saturated heterocycles. The zero-order valence-electron chi connectivity index (χ0n) is 14.1. The first-order chi connectivity index (χ1) is 12.2. The van der Waals surface area contributed by atoms with E-state index in [0.29, 0.717) is 18.0 Å². The number of pyridine rings is 1. The summed E-state index contributed by atoms with van der Waals surface area (Å²) in [5, 5.41) is 9.96. The second kappa shape index (κ2) is 7.48. The Kier molecular flexibility index (Phi) is 4.94. The molecule has 0 bridgehead atoms.